The molecule has 16 nitrogen and oxygen atoms in total. The van der Waals surface area contributed by atoms with Crippen LogP contribution in [0.4, 0.5) is 0 Å². The number of Topliss-reactive ketones (excluding diaryl/α,β-unsaturated/α-hetero) is 2. The number of aliphatic carboxylic acids is 2. The summed E-state index contributed by atoms with van der Waals surface area (Å²) in [6.45, 7) is 1.06. The normalized spacial score (nSPS) is 21.4. The Morgan fingerprint density at radius 3 is 1.48 bits per heavy atom. The van der Waals surface area contributed by atoms with Gasteiger partial charge in [-0.3, -0.25) is 28.5 Å². The monoisotopic (exact) mass is 1180 g/mol. The summed E-state index contributed by atoms with van der Waals surface area (Å²) < 4.78 is 14.7. The number of aromatic nitrogens is 6. The SMILES string of the molecule is COc1cc(-c2ccc(Cn3ncc4c(Cl)ccc(C(=O)CC5CC6(C5)CC(C(=O)O)C6)c43)cc2)ccn1.COc1cc(B(O)O)ccn1.O=C(CC1CC2(C1)CC(C(=O)O)C2)c1ccc(Cl)c2cnn(Cc3ccc(Br)cc3)c12. The van der Waals surface area contributed by atoms with Crippen molar-refractivity contribution in [2.75, 3.05) is 14.2 Å². The summed E-state index contributed by atoms with van der Waals surface area (Å²) in [5, 5.41) is 47.5. The summed E-state index contributed by atoms with van der Waals surface area (Å²) >= 11 is 16.3. The van der Waals surface area contributed by atoms with Gasteiger partial charge in [-0.05, 0) is 150 Å². The molecule has 0 unspecified atom stereocenters. The number of halogens is 3. The predicted molar refractivity (Wildman–Crippen MR) is 308 cm³/mol. The summed E-state index contributed by atoms with van der Waals surface area (Å²) in [6.07, 6.45) is 14.4. The first-order valence-electron chi connectivity index (χ1n) is 26.4. The lowest BCUT2D eigenvalue weighted by Gasteiger charge is -2.56. The number of carboxylic acids is 2. The molecule has 0 aliphatic heterocycles. The van der Waals surface area contributed by atoms with Crippen molar-refractivity contribution in [2.24, 2.45) is 34.5 Å². The van der Waals surface area contributed by atoms with Gasteiger partial charge in [-0.15, -0.1) is 0 Å². The van der Waals surface area contributed by atoms with Gasteiger partial charge in [-0.2, -0.15) is 10.2 Å². The molecule has 4 fully saturated rings. The fourth-order valence-electron chi connectivity index (χ4n) is 12.5. The molecule has 4 aromatic carbocycles. The van der Waals surface area contributed by atoms with Crippen molar-refractivity contribution in [1.29, 1.82) is 0 Å². The Balaban J connectivity index is 0.000000154. The van der Waals surface area contributed by atoms with E-state index in [1.165, 1.54) is 25.4 Å². The minimum Gasteiger partial charge on any atom is -0.481 e. The number of hydrogen-bond donors (Lipinski definition) is 4. The second-order valence-electron chi connectivity index (χ2n) is 21.9. The van der Waals surface area contributed by atoms with Crippen molar-refractivity contribution in [2.45, 2.75) is 77.3 Å². The van der Waals surface area contributed by atoms with Crippen molar-refractivity contribution < 1.29 is 48.9 Å². The number of hydrogen-bond acceptors (Lipinski definition) is 12. The summed E-state index contributed by atoms with van der Waals surface area (Å²) in [6, 6.07) is 30.2. The average Bonchev–Trinajstić information content (AvgIpc) is 4.14. The van der Waals surface area contributed by atoms with Crippen LogP contribution in [0.2, 0.25) is 10.0 Å². The van der Waals surface area contributed by atoms with E-state index >= 15 is 0 Å². The van der Waals surface area contributed by atoms with Crippen molar-refractivity contribution >= 4 is 97.0 Å². The summed E-state index contributed by atoms with van der Waals surface area (Å²) in [5.74, 6) is -0.0218. The molecular formula is C60H58BBrCl2N6O10. The third kappa shape index (κ3) is 12.2. The molecule has 0 atom stereocenters. The van der Waals surface area contributed by atoms with Crippen LogP contribution in [0.3, 0.4) is 0 Å². The molecule has 8 aromatic rings. The number of carboxylic acid groups (broad SMARTS) is 2. The van der Waals surface area contributed by atoms with Gasteiger partial charge in [-0.1, -0.05) is 75.5 Å². The number of methoxy groups -OCH3 is 2. The number of carbonyl (C=O) groups excluding carboxylic acids is 2. The van der Waals surface area contributed by atoms with Crippen LogP contribution in [0.25, 0.3) is 32.9 Å². The van der Waals surface area contributed by atoms with Crippen LogP contribution in [-0.4, -0.2) is 94.6 Å². The van der Waals surface area contributed by atoms with Crippen LogP contribution in [0, 0.1) is 34.5 Å². The lowest BCUT2D eigenvalue weighted by atomic mass is 9.47. The average molecular weight is 1180 g/mol. The zero-order valence-electron chi connectivity index (χ0n) is 44.0. The molecule has 0 bridgehead atoms. The molecule has 4 aliphatic carbocycles. The highest BCUT2D eigenvalue weighted by Crippen LogP contribution is 2.63. The third-order valence-corrected chi connectivity index (χ3v) is 17.6. The molecule has 4 saturated carbocycles. The van der Waals surface area contributed by atoms with E-state index in [-0.39, 0.29) is 34.2 Å². The summed E-state index contributed by atoms with van der Waals surface area (Å²) in [4.78, 5) is 56.9. The fraction of sp³-hybridized carbons (Fsp3) is 0.333. The maximum Gasteiger partial charge on any atom is 0.488 e. The number of ketones is 2. The lowest BCUT2D eigenvalue weighted by Crippen LogP contribution is -2.50. The zero-order chi connectivity index (χ0) is 56.5. The van der Waals surface area contributed by atoms with Gasteiger partial charge in [0.25, 0.3) is 0 Å². The molecule has 20 heteroatoms. The van der Waals surface area contributed by atoms with E-state index in [0.29, 0.717) is 76.2 Å². The van der Waals surface area contributed by atoms with Crippen molar-refractivity contribution in [3.63, 3.8) is 0 Å². The first-order chi connectivity index (χ1) is 38.4. The molecule has 0 amide bonds. The van der Waals surface area contributed by atoms with Gasteiger partial charge in [0.2, 0.25) is 11.8 Å². The molecule has 4 N–H and O–H groups in total. The summed E-state index contributed by atoms with van der Waals surface area (Å²) in [7, 11) is 1.60. The standard InChI is InChI=1S/C30H28ClN3O4.C24H22BrClN2O3.C6H8BNO3/c1-38-27-11-21(8-9-32-27)20-4-2-18(3-5-20)17-34-28-23(6-7-25(31)24(28)16-33-34)26(35)10-19-12-30(13-19)14-22(15-30)29(36)37;25-17-3-1-14(2-4-17)13-28-22-18(5-6-20(26)19(22)12-27-28)21(29)7-15-8-24(9-15)10-16(11-24)23(30)31;1-11-6-4-5(7(9)10)2-3-8-6/h2-9,11,16,19,22H,10,12-15,17H2,1H3,(H,36,37);1-6,12,15-16H,7-11,13H2,(H,30,31);2-4,9-10H,1H3. The Kier molecular flexibility index (Phi) is 16.6. The first-order valence-corrected chi connectivity index (χ1v) is 28.0. The maximum absolute atomic E-state index is 13.4. The van der Waals surface area contributed by atoms with E-state index in [1.54, 1.807) is 37.8 Å². The van der Waals surface area contributed by atoms with Gasteiger partial charge < -0.3 is 29.7 Å². The van der Waals surface area contributed by atoms with E-state index in [9.17, 15) is 24.3 Å². The molecule has 0 radical (unpaired) electrons. The Morgan fingerprint density at radius 2 is 1.04 bits per heavy atom. The molecule has 2 spiro atoms. The Labute approximate surface area is 480 Å². The number of fused-ring (bicyclic) bond motifs is 2. The Hall–Kier alpha value is -6.96. The second-order valence-corrected chi connectivity index (χ2v) is 23.7. The topological polar surface area (TPSA) is 229 Å². The van der Waals surface area contributed by atoms with E-state index in [1.807, 2.05) is 57.9 Å². The minimum atomic E-state index is -1.47. The molecule has 12 rings (SSSR count). The van der Waals surface area contributed by atoms with Crippen LogP contribution < -0.4 is 14.9 Å². The highest BCUT2D eigenvalue weighted by atomic mass is 79.9. The molecule has 0 saturated heterocycles. The third-order valence-electron chi connectivity index (χ3n) is 16.4. The van der Waals surface area contributed by atoms with Gasteiger partial charge in [0.05, 0.1) is 72.6 Å². The molecule has 4 aromatic heterocycles. The lowest BCUT2D eigenvalue weighted by molar-refractivity contribution is -0.158. The van der Waals surface area contributed by atoms with Gasteiger partial charge in [0.1, 0.15) is 0 Å². The van der Waals surface area contributed by atoms with Crippen molar-refractivity contribution in [3.8, 4) is 22.9 Å². The number of benzene rings is 4. The number of pyridine rings is 2. The second kappa shape index (κ2) is 23.6. The predicted octanol–water partition coefficient (Wildman–Crippen LogP) is 11.0. The number of rotatable bonds is 16. The molecule has 80 heavy (non-hydrogen) atoms. The van der Waals surface area contributed by atoms with Crippen LogP contribution in [0.15, 0.2) is 126 Å². The number of carbonyl (C=O) groups is 4. The minimum absolute atomic E-state index is 0.0874. The van der Waals surface area contributed by atoms with Crippen molar-refractivity contribution in [3.05, 3.63) is 159 Å². The van der Waals surface area contributed by atoms with Gasteiger partial charge >= 0.3 is 19.1 Å². The Bertz CT molecular complexity index is 3600. The van der Waals surface area contributed by atoms with Crippen LogP contribution in [0.1, 0.15) is 96.1 Å². The van der Waals surface area contributed by atoms with Gasteiger partial charge in [0.15, 0.2) is 11.6 Å². The van der Waals surface area contributed by atoms with E-state index in [0.717, 1.165) is 99.9 Å². The van der Waals surface area contributed by atoms with Crippen molar-refractivity contribution in [1.82, 2.24) is 29.5 Å². The smallest absolute Gasteiger partial charge is 0.481 e. The molecule has 4 heterocycles. The first kappa shape index (κ1) is 56.3. The molecular weight excluding hydrogens is 1130 g/mol. The number of nitrogens with zero attached hydrogens (tertiary/aromatic N) is 6. The molecule has 412 valence electrons. The largest absolute Gasteiger partial charge is 0.488 e. The van der Waals surface area contributed by atoms with Gasteiger partial charge in [-0.25, -0.2) is 9.97 Å². The fourth-order valence-corrected chi connectivity index (χ4v) is 13.2. The van der Waals surface area contributed by atoms with Crippen LogP contribution in [0.5, 0.6) is 11.8 Å². The number of ether oxygens (including phenoxy) is 2. The highest BCUT2D eigenvalue weighted by molar-refractivity contribution is 9.10. The van der Waals surface area contributed by atoms with E-state index in [4.69, 9.17) is 47.8 Å². The highest BCUT2D eigenvalue weighted by Gasteiger charge is 2.56. The quantitative estimate of drug-likeness (QED) is 0.0521. The van der Waals surface area contributed by atoms with Gasteiger partial charge in [0, 0.05) is 63.7 Å². The maximum atomic E-state index is 13.4. The molecule has 4 aliphatic rings. The van der Waals surface area contributed by atoms with Crippen LogP contribution >= 0.6 is 39.1 Å². The zero-order valence-corrected chi connectivity index (χ0v) is 47.1. The van der Waals surface area contributed by atoms with E-state index in [2.05, 4.69) is 60.4 Å². The van der Waals surface area contributed by atoms with Crippen LogP contribution in [-0.2, 0) is 22.7 Å². The Morgan fingerprint density at radius 1 is 0.600 bits per heavy atom. The summed E-state index contributed by atoms with van der Waals surface area (Å²) in [5.41, 5.74) is 7.75. The van der Waals surface area contributed by atoms with E-state index < -0.39 is 19.1 Å².